The Morgan fingerprint density at radius 2 is 1.76 bits per heavy atom. The number of likely N-dealkylation sites (tertiary alicyclic amines) is 1. The molecular weight excluding hydrogens is 432 g/mol. The summed E-state index contributed by atoms with van der Waals surface area (Å²) in [4.78, 5) is 26.0. The lowest BCUT2D eigenvalue weighted by Crippen LogP contribution is -2.54. The average molecular weight is 460 g/mol. The molecule has 0 radical (unpaired) electrons. The molecule has 2 heterocycles. The smallest absolute Gasteiger partial charge is 0.347 e. The van der Waals surface area contributed by atoms with Crippen molar-refractivity contribution in [2.24, 2.45) is 0 Å². The molecule has 0 spiro atoms. The van der Waals surface area contributed by atoms with Gasteiger partial charge in [-0.05, 0) is 23.3 Å². The number of aromatic nitrogens is 2. The lowest BCUT2D eigenvalue weighted by Gasteiger charge is -2.35. The van der Waals surface area contributed by atoms with E-state index in [1.54, 1.807) is 30.5 Å². The zero-order chi connectivity index (χ0) is 23.8. The third-order valence-electron chi connectivity index (χ3n) is 7.06. The highest BCUT2D eigenvalue weighted by Crippen LogP contribution is 2.48. The molecule has 2 aromatic carbocycles. The maximum Gasteiger partial charge on any atom is 0.347 e. The Kier molecular flexibility index (Phi) is 5.63. The first kappa shape index (κ1) is 22.2. The van der Waals surface area contributed by atoms with E-state index < -0.39 is 11.6 Å². The Labute approximate surface area is 197 Å². The molecule has 1 aromatic heterocycles. The molecule has 2 N–H and O–H groups in total. The van der Waals surface area contributed by atoms with Crippen LogP contribution in [0.15, 0.2) is 66.9 Å². The second-order valence-electron chi connectivity index (χ2n) is 9.21. The van der Waals surface area contributed by atoms with Crippen molar-refractivity contribution in [1.82, 2.24) is 10.2 Å². The number of quaternary nitrogens is 1. The number of hydrogen-bond acceptors (Lipinski definition) is 6. The minimum absolute atomic E-state index is 0.0490. The van der Waals surface area contributed by atoms with Crippen LogP contribution in [0.3, 0.4) is 0 Å². The van der Waals surface area contributed by atoms with Crippen molar-refractivity contribution in [3.63, 3.8) is 0 Å². The van der Waals surface area contributed by atoms with E-state index in [4.69, 9.17) is 4.74 Å². The van der Waals surface area contributed by atoms with E-state index in [-0.39, 0.29) is 25.1 Å². The van der Waals surface area contributed by atoms with Gasteiger partial charge < -0.3 is 19.6 Å². The Hall–Kier alpha value is -3.62. The summed E-state index contributed by atoms with van der Waals surface area (Å²) in [5.74, 6) is -0.451. The first-order valence-electron chi connectivity index (χ1n) is 11.4. The largest absolute Gasteiger partial charge is 0.457 e. The summed E-state index contributed by atoms with van der Waals surface area (Å²) in [5, 5.41) is 22.1. The van der Waals surface area contributed by atoms with E-state index in [1.807, 2.05) is 43.4 Å². The monoisotopic (exact) mass is 459 g/mol. The van der Waals surface area contributed by atoms with Crippen LogP contribution in [-0.4, -0.2) is 64.4 Å². The molecular formula is C26H27N4O4+. The van der Waals surface area contributed by atoms with E-state index in [9.17, 15) is 14.7 Å². The van der Waals surface area contributed by atoms with Gasteiger partial charge in [-0.25, -0.2) is 4.79 Å². The summed E-state index contributed by atoms with van der Waals surface area (Å²) in [5.41, 5.74) is 0.888. The number of nitrogens with one attached hydrogen (secondary N) is 1. The van der Waals surface area contributed by atoms with E-state index in [1.165, 1.54) is 0 Å². The fraction of sp³-hybridized carbons (Fsp3) is 0.308. The second kappa shape index (κ2) is 8.62. The minimum atomic E-state index is -1.85. The van der Waals surface area contributed by atoms with E-state index >= 15 is 0 Å². The summed E-state index contributed by atoms with van der Waals surface area (Å²) in [6, 6.07) is 18.1. The molecule has 1 amide bonds. The number of hydrogen-bond donors (Lipinski definition) is 2. The van der Waals surface area contributed by atoms with Crippen molar-refractivity contribution in [3.05, 3.63) is 78.0 Å². The molecule has 1 fully saturated rings. The van der Waals surface area contributed by atoms with Crippen molar-refractivity contribution in [3.8, 4) is 11.1 Å². The fourth-order valence-corrected chi connectivity index (χ4v) is 5.24. The van der Waals surface area contributed by atoms with Crippen LogP contribution < -0.4 is 5.32 Å². The number of ether oxygens (including phenoxy) is 1. The van der Waals surface area contributed by atoms with Crippen LogP contribution in [0, 0.1) is 0 Å². The molecule has 174 valence electrons. The van der Waals surface area contributed by atoms with Gasteiger partial charge in [0.1, 0.15) is 12.6 Å². The molecule has 3 aromatic rings. The standard InChI is InChI=1S/C26H26N4O4/c1-30(16-24(31)28-23-13-6-14-27-29-23)15-7-8-18(30)17-34-25(32)26(33)21-11-4-2-9-19(21)20-10-3-5-12-22(20)26/h2-6,9-14,18,33H,7-8,15-17H2,1H3/p+1/t18-,30?/m1/s1. The van der Waals surface area contributed by atoms with Gasteiger partial charge in [0.2, 0.25) is 5.60 Å². The number of rotatable bonds is 6. The highest BCUT2D eigenvalue weighted by Gasteiger charge is 2.50. The van der Waals surface area contributed by atoms with Gasteiger partial charge in [0.05, 0.1) is 13.6 Å². The van der Waals surface area contributed by atoms with Gasteiger partial charge in [-0.2, -0.15) is 5.10 Å². The zero-order valence-corrected chi connectivity index (χ0v) is 19.0. The molecule has 2 atom stereocenters. The number of benzene rings is 2. The van der Waals surface area contributed by atoms with Crippen molar-refractivity contribution in [2.45, 2.75) is 24.5 Å². The van der Waals surface area contributed by atoms with Crippen LogP contribution in [0.2, 0.25) is 0 Å². The number of carbonyl (C=O) groups excluding carboxylic acids is 2. The second-order valence-corrected chi connectivity index (χ2v) is 9.21. The summed E-state index contributed by atoms with van der Waals surface area (Å²) >= 11 is 0. The number of anilines is 1. The predicted octanol–water partition coefficient (Wildman–Crippen LogP) is 2.48. The summed E-state index contributed by atoms with van der Waals surface area (Å²) in [7, 11) is 2.00. The molecule has 1 aliphatic heterocycles. The topological polar surface area (TPSA) is 101 Å². The molecule has 5 rings (SSSR count). The number of carbonyl (C=O) groups is 2. The van der Waals surface area contributed by atoms with Gasteiger partial charge in [-0.15, -0.1) is 5.10 Å². The van der Waals surface area contributed by atoms with Crippen LogP contribution in [0.5, 0.6) is 0 Å². The summed E-state index contributed by atoms with van der Waals surface area (Å²) in [6.07, 6.45) is 3.30. The van der Waals surface area contributed by atoms with Crippen molar-refractivity contribution >= 4 is 17.7 Å². The number of fused-ring (bicyclic) bond motifs is 3. The Balaban J connectivity index is 1.30. The van der Waals surface area contributed by atoms with Crippen LogP contribution in [0.4, 0.5) is 5.82 Å². The quantitative estimate of drug-likeness (QED) is 0.434. The third kappa shape index (κ3) is 3.74. The van der Waals surface area contributed by atoms with E-state index in [0.717, 1.165) is 30.5 Å². The first-order chi connectivity index (χ1) is 16.4. The minimum Gasteiger partial charge on any atom is -0.457 e. The van der Waals surface area contributed by atoms with E-state index in [0.29, 0.717) is 21.4 Å². The van der Waals surface area contributed by atoms with Crippen LogP contribution in [0.1, 0.15) is 24.0 Å². The molecule has 2 aliphatic rings. The Bertz CT molecular complexity index is 1190. The van der Waals surface area contributed by atoms with Crippen LogP contribution in [-0.2, 0) is 19.9 Å². The van der Waals surface area contributed by atoms with Crippen molar-refractivity contribution < 1.29 is 23.9 Å². The maximum absolute atomic E-state index is 13.4. The summed E-state index contributed by atoms with van der Waals surface area (Å²) in [6.45, 7) is 1.15. The van der Waals surface area contributed by atoms with Gasteiger partial charge in [0, 0.05) is 30.2 Å². The highest BCUT2D eigenvalue weighted by atomic mass is 16.6. The lowest BCUT2D eigenvalue weighted by molar-refractivity contribution is -0.913. The molecule has 1 unspecified atom stereocenters. The van der Waals surface area contributed by atoms with Gasteiger partial charge in [0.15, 0.2) is 12.4 Å². The van der Waals surface area contributed by atoms with Gasteiger partial charge >= 0.3 is 5.97 Å². The van der Waals surface area contributed by atoms with Gasteiger partial charge in [0.25, 0.3) is 5.91 Å². The number of nitrogens with zero attached hydrogens (tertiary/aromatic N) is 3. The lowest BCUT2D eigenvalue weighted by atomic mass is 9.91. The van der Waals surface area contributed by atoms with Crippen LogP contribution in [0.25, 0.3) is 11.1 Å². The highest BCUT2D eigenvalue weighted by molar-refractivity contribution is 5.96. The molecule has 8 nitrogen and oxygen atoms in total. The van der Waals surface area contributed by atoms with Gasteiger partial charge in [-0.3, -0.25) is 4.79 Å². The summed E-state index contributed by atoms with van der Waals surface area (Å²) < 4.78 is 6.21. The normalized spacial score (nSPS) is 22.0. The number of esters is 1. The molecule has 1 aliphatic carbocycles. The number of likely N-dealkylation sites (N-methyl/N-ethyl adjacent to an activating group) is 1. The van der Waals surface area contributed by atoms with Crippen molar-refractivity contribution in [1.29, 1.82) is 0 Å². The maximum atomic E-state index is 13.4. The predicted molar refractivity (Wildman–Crippen MR) is 125 cm³/mol. The number of aliphatic hydroxyl groups is 1. The average Bonchev–Trinajstić information content (AvgIpc) is 3.34. The molecule has 34 heavy (non-hydrogen) atoms. The molecule has 8 heteroatoms. The SMILES string of the molecule is C[N+]1(CC(=O)Nc2cccnn2)CCC[C@@H]1COC(=O)C1(O)c2ccccc2-c2ccccc21. The number of amides is 1. The zero-order valence-electron chi connectivity index (χ0n) is 19.0. The Morgan fingerprint density at radius 3 is 2.41 bits per heavy atom. The molecule has 0 bridgehead atoms. The molecule has 0 saturated carbocycles. The first-order valence-corrected chi connectivity index (χ1v) is 11.4. The Morgan fingerprint density at radius 1 is 1.09 bits per heavy atom. The van der Waals surface area contributed by atoms with Crippen LogP contribution >= 0.6 is 0 Å². The molecule has 1 saturated heterocycles. The van der Waals surface area contributed by atoms with Crippen molar-refractivity contribution in [2.75, 3.05) is 32.1 Å². The fourth-order valence-electron chi connectivity index (χ4n) is 5.24. The van der Waals surface area contributed by atoms with E-state index in [2.05, 4.69) is 15.5 Å². The third-order valence-corrected chi connectivity index (χ3v) is 7.06. The van der Waals surface area contributed by atoms with Gasteiger partial charge in [-0.1, -0.05) is 48.5 Å².